The number of unbranched alkanes of at least 4 members (excludes halogenated alkanes) is 1. The normalized spacial score (nSPS) is 11.2. The maximum absolute atomic E-state index is 6.11. The zero-order chi connectivity index (χ0) is 18.4. The molecule has 0 aliphatic heterocycles. The average molecular weight is 368 g/mol. The van der Waals surface area contributed by atoms with E-state index in [-0.39, 0.29) is 0 Å². The van der Waals surface area contributed by atoms with Gasteiger partial charge >= 0.3 is 0 Å². The Morgan fingerprint density at radius 3 is 2.73 bits per heavy atom. The Morgan fingerprint density at radius 2 is 1.96 bits per heavy atom. The lowest BCUT2D eigenvalue weighted by Gasteiger charge is -2.08. The first-order valence-corrected chi connectivity index (χ1v) is 9.12. The number of hydrazone groups is 1. The molecule has 4 nitrogen and oxygen atoms in total. The molecule has 0 radical (unpaired) electrons. The highest BCUT2D eigenvalue weighted by molar-refractivity contribution is 6.31. The summed E-state index contributed by atoms with van der Waals surface area (Å²) in [5, 5.41) is 5.97. The van der Waals surface area contributed by atoms with Gasteiger partial charge in [-0.3, -0.25) is 10.4 Å². The lowest BCUT2D eigenvalue weighted by Crippen LogP contribution is -1.97. The first-order valence-electron chi connectivity index (χ1n) is 8.74. The Morgan fingerprint density at radius 1 is 1.15 bits per heavy atom. The molecule has 3 aromatic rings. The molecule has 3 rings (SSSR count). The molecule has 0 fully saturated rings. The zero-order valence-corrected chi connectivity index (χ0v) is 15.8. The summed E-state index contributed by atoms with van der Waals surface area (Å²) >= 11 is 6.11. The van der Waals surface area contributed by atoms with Crippen LogP contribution in [0.25, 0.3) is 10.9 Å². The Labute approximate surface area is 158 Å². The predicted molar refractivity (Wildman–Crippen MR) is 110 cm³/mol. The van der Waals surface area contributed by atoms with E-state index in [1.54, 1.807) is 6.21 Å². The van der Waals surface area contributed by atoms with E-state index in [2.05, 4.69) is 22.4 Å². The van der Waals surface area contributed by atoms with Gasteiger partial charge in [-0.05, 0) is 67.4 Å². The second-order valence-electron chi connectivity index (χ2n) is 6.11. The fraction of sp³-hybridized carbons (Fsp3) is 0.238. The number of ether oxygens (including phenoxy) is 1. The largest absolute Gasteiger partial charge is 0.494 e. The molecule has 0 spiro atoms. The van der Waals surface area contributed by atoms with E-state index in [4.69, 9.17) is 16.3 Å². The molecule has 0 amide bonds. The number of aryl methyl sites for hydroxylation is 1. The van der Waals surface area contributed by atoms with Gasteiger partial charge in [0, 0.05) is 16.1 Å². The fourth-order valence-electron chi connectivity index (χ4n) is 2.58. The Balaban J connectivity index is 1.70. The summed E-state index contributed by atoms with van der Waals surface area (Å²) in [6.07, 6.45) is 3.98. The molecule has 0 unspecified atom stereocenters. The number of anilines is 1. The Kier molecular flexibility index (Phi) is 6.08. The molecular formula is C21H22ClN3O. The molecule has 134 valence electrons. The molecule has 0 bridgehead atoms. The van der Waals surface area contributed by atoms with E-state index in [9.17, 15) is 0 Å². The van der Waals surface area contributed by atoms with Gasteiger partial charge in [-0.1, -0.05) is 24.9 Å². The molecule has 0 saturated carbocycles. The molecule has 26 heavy (non-hydrogen) atoms. The quantitative estimate of drug-likeness (QED) is 0.325. The number of hydrogen-bond acceptors (Lipinski definition) is 4. The van der Waals surface area contributed by atoms with Crippen LogP contribution in [0.15, 0.2) is 53.6 Å². The van der Waals surface area contributed by atoms with Crippen LogP contribution in [-0.4, -0.2) is 17.8 Å². The third-order valence-electron chi connectivity index (χ3n) is 3.94. The van der Waals surface area contributed by atoms with Gasteiger partial charge in [0.2, 0.25) is 0 Å². The molecule has 0 atom stereocenters. The fourth-order valence-corrected chi connectivity index (χ4v) is 2.76. The van der Waals surface area contributed by atoms with E-state index < -0.39 is 0 Å². The molecule has 1 heterocycles. The number of nitrogens with one attached hydrogen (secondary N) is 1. The second-order valence-corrected chi connectivity index (χ2v) is 6.55. The number of aromatic nitrogens is 1. The number of fused-ring (bicyclic) bond motifs is 1. The van der Waals surface area contributed by atoms with Crippen LogP contribution in [0.2, 0.25) is 5.02 Å². The van der Waals surface area contributed by atoms with Crippen molar-refractivity contribution in [3.05, 3.63) is 64.8 Å². The van der Waals surface area contributed by atoms with Crippen LogP contribution in [0.1, 0.15) is 31.0 Å². The summed E-state index contributed by atoms with van der Waals surface area (Å²) in [6.45, 7) is 4.86. The van der Waals surface area contributed by atoms with E-state index in [0.29, 0.717) is 5.02 Å². The Bertz CT molecular complexity index is 907. The number of nitrogens with zero attached hydrogens (tertiary/aromatic N) is 2. The number of halogens is 1. The molecule has 5 heteroatoms. The number of rotatable bonds is 7. The van der Waals surface area contributed by atoms with Crippen molar-refractivity contribution in [3.8, 4) is 5.75 Å². The maximum atomic E-state index is 6.11. The minimum atomic E-state index is 0.675. The Hall–Kier alpha value is -2.59. The van der Waals surface area contributed by atoms with Gasteiger partial charge in [-0.15, -0.1) is 0 Å². The summed E-state index contributed by atoms with van der Waals surface area (Å²) < 4.78 is 5.67. The second kappa shape index (κ2) is 8.68. The van der Waals surface area contributed by atoms with Crippen molar-refractivity contribution in [2.75, 3.05) is 12.0 Å². The van der Waals surface area contributed by atoms with E-state index in [0.717, 1.165) is 53.0 Å². The highest BCUT2D eigenvalue weighted by atomic mass is 35.5. The van der Waals surface area contributed by atoms with Crippen LogP contribution < -0.4 is 10.2 Å². The summed E-state index contributed by atoms with van der Waals surface area (Å²) in [6, 6.07) is 15.5. The molecular weight excluding hydrogens is 346 g/mol. The summed E-state index contributed by atoms with van der Waals surface area (Å²) in [4.78, 5) is 4.52. The van der Waals surface area contributed by atoms with E-state index in [1.165, 1.54) is 0 Å². The van der Waals surface area contributed by atoms with Crippen LogP contribution in [-0.2, 0) is 0 Å². The van der Waals surface area contributed by atoms with Crippen LogP contribution in [0.4, 0.5) is 5.69 Å². The summed E-state index contributed by atoms with van der Waals surface area (Å²) in [7, 11) is 0. The van der Waals surface area contributed by atoms with Crippen molar-refractivity contribution in [2.24, 2.45) is 5.10 Å². The van der Waals surface area contributed by atoms with Crippen LogP contribution in [0, 0.1) is 6.92 Å². The molecule has 1 aromatic heterocycles. The van der Waals surface area contributed by atoms with Gasteiger partial charge in [-0.25, -0.2) is 0 Å². The van der Waals surface area contributed by atoms with Gasteiger partial charge in [0.25, 0.3) is 0 Å². The van der Waals surface area contributed by atoms with Crippen molar-refractivity contribution in [2.45, 2.75) is 26.7 Å². The van der Waals surface area contributed by atoms with Crippen molar-refractivity contribution < 1.29 is 4.74 Å². The molecule has 1 N–H and O–H groups in total. The number of hydrogen-bond donors (Lipinski definition) is 1. The van der Waals surface area contributed by atoms with Crippen LogP contribution in [0.5, 0.6) is 5.75 Å². The van der Waals surface area contributed by atoms with E-state index in [1.807, 2.05) is 55.5 Å². The topological polar surface area (TPSA) is 46.5 Å². The molecule has 0 saturated heterocycles. The minimum Gasteiger partial charge on any atom is -0.494 e. The molecule has 0 aliphatic carbocycles. The van der Waals surface area contributed by atoms with Crippen molar-refractivity contribution in [1.82, 2.24) is 4.98 Å². The zero-order valence-electron chi connectivity index (χ0n) is 15.0. The first kappa shape index (κ1) is 18.2. The van der Waals surface area contributed by atoms with Gasteiger partial charge in [0.15, 0.2) is 0 Å². The van der Waals surface area contributed by atoms with Gasteiger partial charge in [0.1, 0.15) is 5.75 Å². The smallest absolute Gasteiger partial charge is 0.119 e. The van der Waals surface area contributed by atoms with Crippen LogP contribution >= 0.6 is 11.6 Å². The third-order valence-corrected chi connectivity index (χ3v) is 4.18. The summed E-state index contributed by atoms with van der Waals surface area (Å²) in [5.41, 5.74) is 6.79. The number of pyridine rings is 1. The van der Waals surface area contributed by atoms with Crippen molar-refractivity contribution >= 4 is 34.4 Å². The lowest BCUT2D eigenvalue weighted by atomic mass is 10.1. The highest BCUT2D eigenvalue weighted by Crippen LogP contribution is 2.26. The van der Waals surface area contributed by atoms with Gasteiger partial charge in [0.05, 0.1) is 24.0 Å². The minimum absolute atomic E-state index is 0.675. The maximum Gasteiger partial charge on any atom is 0.119 e. The number of benzene rings is 2. The SMILES string of the molecule is CCCCOc1ccc(/C=N/Nc2cc(C)nc3ccc(Cl)cc23)cc1. The van der Waals surface area contributed by atoms with Crippen molar-refractivity contribution in [3.63, 3.8) is 0 Å². The van der Waals surface area contributed by atoms with Crippen molar-refractivity contribution in [1.29, 1.82) is 0 Å². The first-order chi connectivity index (χ1) is 12.7. The van der Waals surface area contributed by atoms with Gasteiger partial charge in [-0.2, -0.15) is 5.10 Å². The average Bonchev–Trinajstić information content (AvgIpc) is 2.64. The highest BCUT2D eigenvalue weighted by Gasteiger charge is 2.04. The molecule has 0 aliphatic rings. The monoisotopic (exact) mass is 367 g/mol. The lowest BCUT2D eigenvalue weighted by molar-refractivity contribution is 0.309. The van der Waals surface area contributed by atoms with Gasteiger partial charge < -0.3 is 4.74 Å². The standard InChI is InChI=1S/C21H22ClN3O/c1-3-4-11-26-18-8-5-16(6-9-18)14-23-25-21-12-15(2)24-20-10-7-17(22)13-19(20)21/h5-10,12-14H,3-4,11H2,1-2H3,(H,24,25)/b23-14+. The third kappa shape index (κ3) is 4.73. The van der Waals surface area contributed by atoms with Crippen LogP contribution in [0.3, 0.4) is 0 Å². The predicted octanol–water partition coefficient (Wildman–Crippen LogP) is 5.82. The summed E-state index contributed by atoms with van der Waals surface area (Å²) in [5.74, 6) is 0.883. The van der Waals surface area contributed by atoms with E-state index >= 15 is 0 Å². The molecule has 2 aromatic carbocycles.